The minimum atomic E-state index is -0.636. The zero-order chi connectivity index (χ0) is 18.2. The summed E-state index contributed by atoms with van der Waals surface area (Å²) in [6, 6.07) is -0.634. The molecule has 9 heteroatoms. The fraction of sp³-hybridized carbons (Fsp3) is 0.600. The molecular formula is C15H24N4O4S. The number of carbonyl (C=O) groups is 2. The molecule has 0 aliphatic rings. The lowest BCUT2D eigenvalue weighted by atomic mass is 10.1. The molecule has 1 rings (SSSR count). The predicted octanol–water partition coefficient (Wildman–Crippen LogP) is 2.78. The fourth-order valence-corrected chi connectivity index (χ4v) is 2.35. The SMILES string of the molecule is CCCC(NC(=O)OC(C)(C)C)/C(=N\OC)C(=O)Nc1nccs1. The van der Waals surface area contributed by atoms with Crippen LogP contribution in [0, 0.1) is 0 Å². The van der Waals surface area contributed by atoms with Crippen molar-refractivity contribution in [2.75, 3.05) is 12.4 Å². The Morgan fingerprint density at radius 1 is 1.42 bits per heavy atom. The number of rotatable bonds is 7. The number of anilines is 1. The van der Waals surface area contributed by atoms with Crippen LogP contribution in [0.15, 0.2) is 16.7 Å². The highest BCUT2D eigenvalue weighted by Gasteiger charge is 2.27. The maximum absolute atomic E-state index is 12.4. The van der Waals surface area contributed by atoms with Gasteiger partial charge in [0.2, 0.25) is 0 Å². The van der Waals surface area contributed by atoms with Gasteiger partial charge in [0.05, 0.1) is 6.04 Å². The first-order valence-electron chi connectivity index (χ1n) is 7.58. The summed E-state index contributed by atoms with van der Waals surface area (Å²) in [7, 11) is 1.34. The summed E-state index contributed by atoms with van der Waals surface area (Å²) in [5.74, 6) is -0.485. The third kappa shape index (κ3) is 6.95. The Kier molecular flexibility index (Phi) is 7.63. The Balaban J connectivity index is 2.88. The smallest absolute Gasteiger partial charge is 0.408 e. The molecule has 1 aromatic heterocycles. The largest absolute Gasteiger partial charge is 0.444 e. The minimum absolute atomic E-state index is 0.0559. The minimum Gasteiger partial charge on any atom is -0.444 e. The van der Waals surface area contributed by atoms with E-state index in [1.807, 2.05) is 6.92 Å². The Morgan fingerprint density at radius 2 is 2.12 bits per heavy atom. The number of hydrogen-bond acceptors (Lipinski definition) is 7. The van der Waals surface area contributed by atoms with Crippen LogP contribution < -0.4 is 10.6 Å². The number of oxime groups is 1. The van der Waals surface area contributed by atoms with Crippen LogP contribution >= 0.6 is 11.3 Å². The standard InChI is InChI=1S/C15H24N4O4S/c1-6-7-10(17-14(21)23-15(2,3)4)11(19-22-5)12(20)18-13-16-8-9-24-13/h8-10H,6-7H2,1-5H3,(H,17,21)(H,16,18,20)/b19-11+. The van der Waals surface area contributed by atoms with Crippen molar-refractivity contribution in [3.63, 3.8) is 0 Å². The lowest BCUT2D eigenvalue weighted by molar-refractivity contribution is -0.110. The molecule has 1 heterocycles. The van der Waals surface area contributed by atoms with E-state index in [9.17, 15) is 9.59 Å². The van der Waals surface area contributed by atoms with Gasteiger partial charge in [-0.25, -0.2) is 9.78 Å². The van der Waals surface area contributed by atoms with Crippen LogP contribution in [0.25, 0.3) is 0 Å². The molecule has 2 amide bonds. The quantitative estimate of drug-likeness (QED) is 0.578. The summed E-state index contributed by atoms with van der Waals surface area (Å²) in [6.45, 7) is 7.23. The van der Waals surface area contributed by atoms with Gasteiger partial charge in [0.1, 0.15) is 12.7 Å². The van der Waals surface area contributed by atoms with Crippen LogP contribution in [0.5, 0.6) is 0 Å². The molecule has 0 bridgehead atoms. The number of hydrogen-bond donors (Lipinski definition) is 2. The van der Waals surface area contributed by atoms with Crippen molar-refractivity contribution in [1.29, 1.82) is 0 Å². The third-order valence-electron chi connectivity index (χ3n) is 2.67. The number of ether oxygens (including phenoxy) is 1. The number of nitrogens with zero attached hydrogens (tertiary/aromatic N) is 2. The van der Waals surface area contributed by atoms with Crippen molar-refractivity contribution >= 4 is 34.2 Å². The number of carbonyl (C=O) groups excluding carboxylic acids is 2. The molecule has 0 radical (unpaired) electrons. The van der Waals surface area contributed by atoms with Crippen LogP contribution in [0.3, 0.4) is 0 Å². The van der Waals surface area contributed by atoms with Gasteiger partial charge in [-0.2, -0.15) is 0 Å². The lowest BCUT2D eigenvalue weighted by Crippen LogP contribution is -2.47. The van der Waals surface area contributed by atoms with Gasteiger partial charge in [0.15, 0.2) is 10.8 Å². The van der Waals surface area contributed by atoms with Crippen LogP contribution in [0.2, 0.25) is 0 Å². The molecule has 1 atom stereocenters. The second kappa shape index (κ2) is 9.21. The zero-order valence-corrected chi connectivity index (χ0v) is 15.4. The van der Waals surface area contributed by atoms with Gasteiger partial charge in [-0.1, -0.05) is 18.5 Å². The van der Waals surface area contributed by atoms with Crippen LogP contribution in [0.1, 0.15) is 40.5 Å². The Bertz CT molecular complexity index is 567. The Morgan fingerprint density at radius 3 is 2.62 bits per heavy atom. The highest BCUT2D eigenvalue weighted by Crippen LogP contribution is 2.12. The molecule has 1 unspecified atom stereocenters. The number of aromatic nitrogens is 1. The van der Waals surface area contributed by atoms with Crippen LogP contribution in [0.4, 0.5) is 9.93 Å². The van der Waals surface area contributed by atoms with E-state index in [0.29, 0.717) is 11.6 Å². The van der Waals surface area contributed by atoms with Crippen molar-refractivity contribution in [2.45, 2.75) is 52.2 Å². The van der Waals surface area contributed by atoms with Crippen molar-refractivity contribution in [2.24, 2.45) is 5.16 Å². The van der Waals surface area contributed by atoms with Gasteiger partial charge in [0, 0.05) is 11.6 Å². The average molecular weight is 356 g/mol. The second-order valence-electron chi connectivity index (χ2n) is 5.94. The van der Waals surface area contributed by atoms with Crippen molar-refractivity contribution < 1.29 is 19.2 Å². The molecule has 0 saturated carbocycles. The van der Waals surface area contributed by atoms with E-state index < -0.39 is 23.6 Å². The molecular weight excluding hydrogens is 332 g/mol. The molecule has 0 aromatic carbocycles. The van der Waals surface area contributed by atoms with Crippen LogP contribution in [-0.4, -0.2) is 41.4 Å². The number of nitrogens with one attached hydrogen (secondary N) is 2. The first-order valence-corrected chi connectivity index (χ1v) is 8.46. The maximum Gasteiger partial charge on any atom is 0.408 e. The highest BCUT2D eigenvalue weighted by atomic mass is 32.1. The molecule has 2 N–H and O–H groups in total. The summed E-state index contributed by atoms with van der Waals surface area (Å²) < 4.78 is 5.24. The van der Waals surface area contributed by atoms with E-state index in [-0.39, 0.29) is 5.71 Å². The summed E-state index contributed by atoms with van der Waals surface area (Å²) >= 11 is 1.28. The number of thiazole rings is 1. The second-order valence-corrected chi connectivity index (χ2v) is 6.83. The van der Waals surface area contributed by atoms with E-state index in [1.54, 1.807) is 32.3 Å². The van der Waals surface area contributed by atoms with Gasteiger partial charge in [-0.05, 0) is 27.2 Å². The molecule has 0 aliphatic carbocycles. The van der Waals surface area contributed by atoms with Gasteiger partial charge >= 0.3 is 6.09 Å². The normalized spacial score (nSPS) is 13.1. The van der Waals surface area contributed by atoms with Crippen LogP contribution in [-0.2, 0) is 14.4 Å². The first-order chi connectivity index (χ1) is 11.3. The molecule has 0 saturated heterocycles. The number of alkyl carbamates (subject to hydrolysis) is 1. The molecule has 24 heavy (non-hydrogen) atoms. The molecule has 8 nitrogen and oxygen atoms in total. The molecule has 0 fully saturated rings. The predicted molar refractivity (Wildman–Crippen MR) is 93.3 cm³/mol. The van der Waals surface area contributed by atoms with Gasteiger partial charge in [0.25, 0.3) is 5.91 Å². The zero-order valence-electron chi connectivity index (χ0n) is 14.6. The molecule has 0 aliphatic heterocycles. The van der Waals surface area contributed by atoms with Crippen molar-refractivity contribution in [3.05, 3.63) is 11.6 Å². The van der Waals surface area contributed by atoms with E-state index in [0.717, 1.165) is 6.42 Å². The van der Waals surface area contributed by atoms with Gasteiger partial charge < -0.3 is 14.9 Å². The first kappa shape index (κ1) is 19.9. The topological polar surface area (TPSA) is 102 Å². The van der Waals surface area contributed by atoms with Crippen molar-refractivity contribution in [1.82, 2.24) is 10.3 Å². The van der Waals surface area contributed by atoms with Gasteiger partial charge in [-0.15, -0.1) is 11.3 Å². The van der Waals surface area contributed by atoms with E-state index >= 15 is 0 Å². The fourth-order valence-electron chi connectivity index (χ4n) is 1.82. The van der Waals surface area contributed by atoms with E-state index in [1.165, 1.54) is 18.4 Å². The van der Waals surface area contributed by atoms with E-state index in [4.69, 9.17) is 9.57 Å². The summed E-state index contributed by atoms with van der Waals surface area (Å²) in [4.78, 5) is 33.2. The molecule has 134 valence electrons. The average Bonchev–Trinajstić information content (AvgIpc) is 2.95. The van der Waals surface area contributed by atoms with Gasteiger partial charge in [-0.3, -0.25) is 10.1 Å². The molecule has 0 spiro atoms. The Labute approximate surface area is 145 Å². The van der Waals surface area contributed by atoms with Crippen molar-refractivity contribution in [3.8, 4) is 0 Å². The lowest BCUT2D eigenvalue weighted by Gasteiger charge is -2.23. The maximum atomic E-state index is 12.4. The number of amides is 2. The molecule has 1 aromatic rings. The van der Waals surface area contributed by atoms with E-state index in [2.05, 4.69) is 20.8 Å². The highest BCUT2D eigenvalue weighted by molar-refractivity contribution is 7.13. The third-order valence-corrected chi connectivity index (χ3v) is 3.36. The summed E-state index contributed by atoms with van der Waals surface area (Å²) in [5.41, 5.74) is -0.580. The summed E-state index contributed by atoms with van der Waals surface area (Å²) in [5, 5.41) is 11.3. The summed E-state index contributed by atoms with van der Waals surface area (Å²) in [6.07, 6.45) is 2.20. The monoisotopic (exact) mass is 356 g/mol. The Hall–Kier alpha value is -2.16.